The summed E-state index contributed by atoms with van der Waals surface area (Å²) in [6.07, 6.45) is 4.74. The number of nitrogens with zero attached hydrogens (tertiary/aromatic N) is 7. The lowest BCUT2D eigenvalue weighted by Crippen LogP contribution is -2.69. The molecule has 4 aliphatic heterocycles. The van der Waals surface area contributed by atoms with Gasteiger partial charge in [-0.05, 0) is 85.2 Å². The number of imide groups is 1. The number of rotatable bonds is 8. The first kappa shape index (κ1) is 32.3. The van der Waals surface area contributed by atoms with Crippen LogP contribution in [0.5, 0.6) is 11.5 Å². The Morgan fingerprint density at radius 1 is 0.736 bits per heavy atom. The third kappa shape index (κ3) is 5.90. The highest BCUT2D eigenvalue weighted by Gasteiger charge is 2.48. The SMILES string of the molecule is Nc1ncnc2c1c(-c1ccc(Oc3ccccc3)cc1)nn2C1CC2CN(C3CN(C4CN(c5ccc(C6CCC(=O)NC6=O)cc5)C4)C3)CC2C1. The second-order valence-electron chi connectivity index (χ2n) is 15.6. The van der Waals surface area contributed by atoms with E-state index in [9.17, 15) is 9.59 Å². The van der Waals surface area contributed by atoms with Crippen LogP contribution in [0.1, 0.15) is 43.2 Å². The van der Waals surface area contributed by atoms with Crippen LogP contribution in [0.15, 0.2) is 85.2 Å². The van der Waals surface area contributed by atoms with Crippen molar-refractivity contribution in [3.05, 3.63) is 90.8 Å². The topological polar surface area (TPSA) is 135 Å². The molecule has 5 aromatic rings. The third-order valence-electron chi connectivity index (χ3n) is 12.4. The van der Waals surface area contributed by atoms with Gasteiger partial charge in [0.1, 0.15) is 29.3 Å². The number of nitrogen functional groups attached to an aromatic ring is 1. The van der Waals surface area contributed by atoms with Crippen molar-refractivity contribution in [3.8, 4) is 22.8 Å². The van der Waals surface area contributed by atoms with Crippen LogP contribution in [0, 0.1) is 11.8 Å². The summed E-state index contributed by atoms with van der Waals surface area (Å²) in [5.41, 5.74) is 11.2. The fourth-order valence-corrected chi connectivity index (χ4v) is 9.40. The van der Waals surface area contributed by atoms with Crippen LogP contribution in [-0.2, 0) is 9.59 Å². The van der Waals surface area contributed by atoms with Gasteiger partial charge in [0, 0.05) is 69.0 Å². The molecule has 5 fully saturated rings. The summed E-state index contributed by atoms with van der Waals surface area (Å²) in [6.45, 7) is 6.68. The van der Waals surface area contributed by atoms with Crippen LogP contribution < -0.4 is 20.7 Å². The van der Waals surface area contributed by atoms with E-state index in [0.717, 1.165) is 91.5 Å². The van der Waals surface area contributed by atoms with Crippen LogP contribution in [-0.4, -0.2) is 92.7 Å². The zero-order chi connectivity index (χ0) is 35.6. The molecule has 3 aromatic carbocycles. The fourth-order valence-electron chi connectivity index (χ4n) is 9.40. The number of benzene rings is 3. The first-order valence-electron chi connectivity index (χ1n) is 18.9. The average molecular weight is 710 g/mol. The number of piperidine rings is 1. The van der Waals surface area contributed by atoms with Gasteiger partial charge in [-0.25, -0.2) is 14.6 Å². The summed E-state index contributed by atoms with van der Waals surface area (Å²) >= 11 is 0. The molecule has 0 radical (unpaired) electrons. The number of anilines is 2. The lowest BCUT2D eigenvalue weighted by Gasteiger charge is -2.54. The summed E-state index contributed by atoms with van der Waals surface area (Å²) in [5, 5.41) is 8.46. The Kier molecular flexibility index (Phi) is 7.90. The van der Waals surface area contributed by atoms with E-state index in [4.69, 9.17) is 20.6 Å². The van der Waals surface area contributed by atoms with Gasteiger partial charge in [-0.1, -0.05) is 30.3 Å². The van der Waals surface area contributed by atoms with Crippen molar-refractivity contribution in [3.63, 3.8) is 0 Å². The number of nitrogens with two attached hydrogens (primary N) is 1. The van der Waals surface area contributed by atoms with Crippen molar-refractivity contribution in [1.29, 1.82) is 0 Å². The first-order valence-corrected chi connectivity index (χ1v) is 18.9. The van der Waals surface area contributed by atoms with Crippen molar-refractivity contribution in [2.45, 2.75) is 49.7 Å². The predicted octanol–water partition coefficient (Wildman–Crippen LogP) is 4.84. The van der Waals surface area contributed by atoms with Gasteiger partial charge in [0.05, 0.1) is 17.3 Å². The Bertz CT molecular complexity index is 2150. The van der Waals surface area contributed by atoms with Gasteiger partial charge in [-0.2, -0.15) is 5.10 Å². The third-order valence-corrected chi connectivity index (χ3v) is 12.4. The molecule has 4 saturated heterocycles. The van der Waals surface area contributed by atoms with E-state index >= 15 is 0 Å². The quantitative estimate of drug-likeness (QED) is 0.216. The number of hydrogen-bond acceptors (Lipinski definition) is 10. The van der Waals surface area contributed by atoms with E-state index in [0.29, 0.717) is 42.6 Å². The van der Waals surface area contributed by atoms with E-state index in [1.807, 2.05) is 54.6 Å². The van der Waals surface area contributed by atoms with Gasteiger partial charge in [0.15, 0.2) is 5.65 Å². The largest absolute Gasteiger partial charge is 0.457 e. The molecule has 3 N–H and O–H groups in total. The zero-order valence-electron chi connectivity index (χ0n) is 29.6. The molecule has 2 aromatic heterocycles. The molecule has 270 valence electrons. The lowest BCUT2D eigenvalue weighted by molar-refractivity contribution is -0.134. The summed E-state index contributed by atoms with van der Waals surface area (Å²) in [4.78, 5) is 40.7. The molecule has 12 nitrogen and oxygen atoms in total. The maximum Gasteiger partial charge on any atom is 0.234 e. The minimum Gasteiger partial charge on any atom is -0.457 e. The van der Waals surface area contributed by atoms with E-state index in [-0.39, 0.29) is 23.8 Å². The molecule has 3 unspecified atom stereocenters. The lowest BCUT2D eigenvalue weighted by atomic mass is 9.90. The Hall–Kier alpha value is -5.33. The summed E-state index contributed by atoms with van der Waals surface area (Å²) in [5.74, 6) is 2.75. The van der Waals surface area contributed by atoms with Crippen molar-refractivity contribution in [2.75, 3.05) is 49.9 Å². The molecule has 1 aliphatic carbocycles. The van der Waals surface area contributed by atoms with Crippen LogP contribution in [0.2, 0.25) is 0 Å². The smallest absolute Gasteiger partial charge is 0.234 e. The first-order chi connectivity index (χ1) is 25.9. The van der Waals surface area contributed by atoms with Gasteiger partial charge in [-0.15, -0.1) is 0 Å². The molecule has 5 aliphatic rings. The Labute approximate surface area is 307 Å². The van der Waals surface area contributed by atoms with Gasteiger partial charge >= 0.3 is 0 Å². The minimum atomic E-state index is -0.234. The number of hydrogen-bond donors (Lipinski definition) is 2. The van der Waals surface area contributed by atoms with Crippen LogP contribution in [0.25, 0.3) is 22.3 Å². The van der Waals surface area contributed by atoms with E-state index in [1.165, 1.54) is 5.69 Å². The van der Waals surface area contributed by atoms with Crippen molar-refractivity contribution >= 4 is 34.4 Å². The van der Waals surface area contributed by atoms with Crippen molar-refractivity contribution < 1.29 is 14.3 Å². The number of amides is 2. The Morgan fingerprint density at radius 3 is 2.13 bits per heavy atom. The molecular formula is C41H43N9O3. The maximum absolute atomic E-state index is 12.3. The predicted molar refractivity (Wildman–Crippen MR) is 201 cm³/mol. The summed E-state index contributed by atoms with van der Waals surface area (Å²) in [7, 11) is 0. The number of para-hydroxylation sites is 1. The number of aromatic nitrogens is 4. The molecule has 1 saturated carbocycles. The van der Waals surface area contributed by atoms with Crippen molar-refractivity contribution in [2.24, 2.45) is 11.8 Å². The molecule has 3 atom stereocenters. The average Bonchev–Trinajstić information content (AvgIpc) is 3.82. The highest BCUT2D eigenvalue weighted by molar-refractivity contribution is 6.01. The number of ether oxygens (including phenoxy) is 1. The molecule has 6 heterocycles. The number of nitrogens with one attached hydrogen (secondary N) is 1. The van der Waals surface area contributed by atoms with E-state index in [2.05, 4.69) is 53.9 Å². The highest BCUT2D eigenvalue weighted by Crippen LogP contribution is 2.47. The fraction of sp³-hybridized carbons (Fsp3) is 0.390. The van der Waals surface area contributed by atoms with Crippen LogP contribution in [0.4, 0.5) is 11.5 Å². The molecule has 10 rings (SSSR count). The van der Waals surface area contributed by atoms with E-state index in [1.54, 1.807) is 6.33 Å². The van der Waals surface area contributed by atoms with E-state index < -0.39 is 0 Å². The normalized spacial score (nSPS) is 25.3. The van der Waals surface area contributed by atoms with Crippen molar-refractivity contribution in [1.82, 2.24) is 34.9 Å². The van der Waals surface area contributed by atoms with Gasteiger partial charge in [0.2, 0.25) is 11.8 Å². The zero-order valence-corrected chi connectivity index (χ0v) is 29.6. The molecule has 2 amide bonds. The number of carbonyl (C=O) groups excluding carboxylic acids is 2. The monoisotopic (exact) mass is 709 g/mol. The minimum absolute atomic E-state index is 0.172. The second kappa shape index (κ2) is 13.0. The molecule has 0 bridgehead atoms. The van der Waals surface area contributed by atoms with Gasteiger partial charge in [-0.3, -0.25) is 24.7 Å². The summed E-state index contributed by atoms with van der Waals surface area (Å²) < 4.78 is 8.15. The second-order valence-corrected chi connectivity index (χ2v) is 15.6. The van der Waals surface area contributed by atoms with Crippen LogP contribution >= 0.6 is 0 Å². The molecule has 12 heteroatoms. The van der Waals surface area contributed by atoms with Crippen LogP contribution in [0.3, 0.4) is 0 Å². The molecule has 53 heavy (non-hydrogen) atoms. The van der Waals surface area contributed by atoms with Gasteiger partial charge < -0.3 is 15.4 Å². The Balaban J connectivity index is 0.736. The highest BCUT2D eigenvalue weighted by atomic mass is 16.5. The standard InChI is InChI=1S/C41H43N9O3/c42-39-37-38(26-8-12-34(13-9-26)53-33-4-2-1-3-5-33)46-50(40(37)44-24-43-39)30-16-27-18-47(19-28(27)17-30)31-22-49(23-31)32-20-48(21-32)29-10-6-25(7-11-29)35-14-15-36(51)45-41(35)52/h1-13,24,27-28,30-32,35H,14-23H2,(H2,42,43,44)(H,45,51,52). The summed E-state index contributed by atoms with van der Waals surface area (Å²) in [6, 6.07) is 27.6. The molecule has 0 spiro atoms. The maximum atomic E-state index is 12.3. The number of fused-ring (bicyclic) bond motifs is 2. The van der Waals surface area contributed by atoms with Gasteiger partial charge in [0.25, 0.3) is 0 Å². The number of likely N-dealkylation sites (tertiary alicyclic amines) is 2. The number of carbonyl (C=O) groups is 2. The Morgan fingerprint density at radius 2 is 1.42 bits per heavy atom. The molecular weight excluding hydrogens is 667 g/mol.